The molecule has 2 rings (SSSR count). The maximum absolute atomic E-state index is 12.6. The molecule has 1 aromatic heterocycles. The third-order valence-corrected chi connectivity index (χ3v) is 5.51. The first-order valence-electron chi connectivity index (χ1n) is 7.91. The molecule has 1 aliphatic heterocycles. The van der Waals surface area contributed by atoms with Crippen molar-refractivity contribution in [1.82, 2.24) is 14.6 Å². The van der Waals surface area contributed by atoms with Gasteiger partial charge >= 0.3 is 5.97 Å². The monoisotopic (exact) mass is 357 g/mol. The second-order valence-electron chi connectivity index (χ2n) is 5.71. The first-order chi connectivity index (χ1) is 11.3. The number of rotatable bonds is 6. The van der Waals surface area contributed by atoms with Crippen LogP contribution in [0.4, 0.5) is 0 Å². The van der Waals surface area contributed by atoms with Gasteiger partial charge in [0.2, 0.25) is 15.9 Å². The molecule has 1 aromatic rings. The smallest absolute Gasteiger partial charge is 0.341 e. The third kappa shape index (κ3) is 3.78. The van der Waals surface area contributed by atoms with E-state index < -0.39 is 16.0 Å². The fraction of sp³-hybridized carbons (Fsp3) is 0.600. The van der Waals surface area contributed by atoms with Crippen LogP contribution in [0.2, 0.25) is 0 Å². The first kappa shape index (κ1) is 18.5. The summed E-state index contributed by atoms with van der Waals surface area (Å²) >= 11 is 0. The number of carbonyl (C=O) groups is 2. The Balaban J connectivity index is 2.22. The second kappa shape index (κ2) is 7.35. The van der Waals surface area contributed by atoms with Gasteiger partial charge in [0.05, 0.1) is 13.2 Å². The van der Waals surface area contributed by atoms with Crippen LogP contribution in [0.25, 0.3) is 0 Å². The van der Waals surface area contributed by atoms with Gasteiger partial charge in [0.25, 0.3) is 0 Å². The predicted molar refractivity (Wildman–Crippen MR) is 87.2 cm³/mol. The van der Waals surface area contributed by atoms with Gasteiger partial charge < -0.3 is 14.6 Å². The molecule has 1 aliphatic rings. The van der Waals surface area contributed by atoms with Crippen molar-refractivity contribution in [2.45, 2.75) is 38.5 Å². The molecule has 1 fully saturated rings. The number of sulfonamides is 1. The van der Waals surface area contributed by atoms with Crippen LogP contribution in [0.5, 0.6) is 0 Å². The van der Waals surface area contributed by atoms with E-state index in [0.29, 0.717) is 24.5 Å². The van der Waals surface area contributed by atoms with Crippen LogP contribution in [0.15, 0.2) is 4.90 Å². The number of hydrogen-bond acceptors (Lipinski definition) is 5. The summed E-state index contributed by atoms with van der Waals surface area (Å²) < 4.78 is 32.4. The minimum atomic E-state index is -4.02. The lowest BCUT2D eigenvalue weighted by Crippen LogP contribution is -2.39. The Labute approximate surface area is 141 Å². The Kier molecular flexibility index (Phi) is 5.66. The Bertz CT molecular complexity index is 733. The number of nitrogens with zero attached hydrogens (tertiary/aromatic N) is 1. The molecule has 134 valence electrons. The summed E-state index contributed by atoms with van der Waals surface area (Å²) in [4.78, 5) is 28.4. The Morgan fingerprint density at radius 1 is 1.21 bits per heavy atom. The van der Waals surface area contributed by atoms with E-state index in [1.54, 1.807) is 25.7 Å². The molecular formula is C15H23N3O5S. The molecule has 0 atom stereocenters. The van der Waals surface area contributed by atoms with E-state index in [2.05, 4.69) is 9.71 Å². The summed E-state index contributed by atoms with van der Waals surface area (Å²) in [7, 11) is -4.02. The molecule has 9 heteroatoms. The van der Waals surface area contributed by atoms with Gasteiger partial charge in [-0.25, -0.2) is 17.9 Å². The quantitative estimate of drug-likeness (QED) is 0.729. The second-order valence-corrected chi connectivity index (χ2v) is 7.42. The summed E-state index contributed by atoms with van der Waals surface area (Å²) in [6.45, 7) is 5.93. The molecule has 0 aliphatic carbocycles. The van der Waals surface area contributed by atoms with E-state index in [1.165, 1.54) is 0 Å². The molecule has 1 amide bonds. The topological polar surface area (TPSA) is 109 Å². The number of aryl methyl sites for hydroxylation is 2. The zero-order valence-corrected chi connectivity index (χ0v) is 15.0. The zero-order chi connectivity index (χ0) is 17.9. The van der Waals surface area contributed by atoms with Crippen molar-refractivity contribution in [1.29, 1.82) is 0 Å². The molecule has 1 saturated heterocycles. The number of likely N-dealkylation sites (tertiary alicyclic amines) is 1. The Hall–Kier alpha value is -1.87. The summed E-state index contributed by atoms with van der Waals surface area (Å²) in [5, 5.41) is 0. The third-order valence-electron chi connectivity index (χ3n) is 3.94. The fourth-order valence-electron chi connectivity index (χ4n) is 2.85. The van der Waals surface area contributed by atoms with Crippen LogP contribution in [-0.4, -0.2) is 56.4 Å². The van der Waals surface area contributed by atoms with E-state index in [4.69, 9.17) is 4.74 Å². The van der Waals surface area contributed by atoms with Crippen molar-refractivity contribution in [2.75, 3.05) is 26.2 Å². The Morgan fingerprint density at radius 2 is 1.83 bits per heavy atom. The highest BCUT2D eigenvalue weighted by Crippen LogP contribution is 2.24. The largest absolute Gasteiger partial charge is 0.462 e. The number of ether oxygens (including phenoxy) is 1. The van der Waals surface area contributed by atoms with Crippen LogP contribution >= 0.6 is 0 Å². The highest BCUT2D eigenvalue weighted by Gasteiger charge is 2.30. The summed E-state index contributed by atoms with van der Waals surface area (Å²) in [5.41, 5.74) is 0.726. The van der Waals surface area contributed by atoms with Crippen molar-refractivity contribution in [3.05, 3.63) is 17.0 Å². The van der Waals surface area contributed by atoms with Crippen LogP contribution in [0, 0.1) is 13.8 Å². The van der Waals surface area contributed by atoms with Crippen molar-refractivity contribution in [3.63, 3.8) is 0 Å². The minimum absolute atomic E-state index is 0.0181. The summed E-state index contributed by atoms with van der Waals surface area (Å²) in [6, 6.07) is 0. The number of carbonyl (C=O) groups excluding carboxylic acids is 2. The van der Waals surface area contributed by atoms with Gasteiger partial charge in [-0.05, 0) is 33.6 Å². The van der Waals surface area contributed by atoms with Crippen LogP contribution in [0.3, 0.4) is 0 Å². The molecule has 2 heterocycles. The first-order valence-corrected chi connectivity index (χ1v) is 9.40. The van der Waals surface area contributed by atoms with Gasteiger partial charge in [-0.2, -0.15) is 0 Å². The SMILES string of the molecule is CCOC(=O)c1c(C)[nH]c(C)c1S(=O)(=O)NCC(=O)N1CCCC1. The molecule has 2 N–H and O–H groups in total. The van der Waals surface area contributed by atoms with Crippen molar-refractivity contribution >= 4 is 21.9 Å². The number of nitrogens with one attached hydrogen (secondary N) is 2. The van der Waals surface area contributed by atoms with Gasteiger partial charge in [0.15, 0.2) is 0 Å². The zero-order valence-electron chi connectivity index (χ0n) is 14.1. The molecule has 24 heavy (non-hydrogen) atoms. The number of aromatic amines is 1. The minimum Gasteiger partial charge on any atom is -0.462 e. The van der Waals surface area contributed by atoms with Crippen LogP contribution < -0.4 is 4.72 Å². The molecule has 8 nitrogen and oxygen atoms in total. The highest BCUT2D eigenvalue weighted by molar-refractivity contribution is 7.89. The number of H-pyrrole nitrogens is 1. The van der Waals surface area contributed by atoms with E-state index in [-0.39, 0.29) is 29.5 Å². The lowest BCUT2D eigenvalue weighted by molar-refractivity contribution is -0.128. The average Bonchev–Trinajstić information content (AvgIpc) is 3.13. The van der Waals surface area contributed by atoms with Gasteiger partial charge in [-0.1, -0.05) is 0 Å². The predicted octanol–water partition coefficient (Wildman–Crippen LogP) is 0.709. The molecule has 0 radical (unpaired) electrons. The van der Waals surface area contributed by atoms with E-state index in [0.717, 1.165) is 12.8 Å². The number of aromatic nitrogens is 1. The standard InChI is InChI=1S/C15H23N3O5S/c1-4-23-15(20)13-10(2)17-11(3)14(13)24(21,22)16-9-12(19)18-7-5-6-8-18/h16-17H,4-9H2,1-3H3. The molecule has 0 spiro atoms. The molecule has 0 aromatic carbocycles. The maximum Gasteiger partial charge on any atom is 0.341 e. The number of esters is 1. The average molecular weight is 357 g/mol. The van der Waals surface area contributed by atoms with Gasteiger partial charge in [0.1, 0.15) is 10.5 Å². The van der Waals surface area contributed by atoms with Crippen molar-refractivity contribution in [2.24, 2.45) is 0 Å². The number of amides is 1. The van der Waals surface area contributed by atoms with Crippen LogP contribution in [0.1, 0.15) is 41.5 Å². The van der Waals surface area contributed by atoms with Crippen molar-refractivity contribution < 1.29 is 22.7 Å². The van der Waals surface area contributed by atoms with Gasteiger partial charge in [-0.3, -0.25) is 4.79 Å². The van der Waals surface area contributed by atoms with Crippen LogP contribution in [-0.2, 0) is 19.6 Å². The number of hydrogen-bond donors (Lipinski definition) is 2. The van der Waals surface area contributed by atoms with Gasteiger partial charge in [-0.15, -0.1) is 0 Å². The maximum atomic E-state index is 12.6. The summed E-state index contributed by atoms with van der Waals surface area (Å²) in [5.74, 6) is -0.968. The molecule has 0 unspecified atom stereocenters. The summed E-state index contributed by atoms with van der Waals surface area (Å²) in [6.07, 6.45) is 1.86. The van der Waals surface area contributed by atoms with E-state index in [1.807, 2.05) is 0 Å². The van der Waals surface area contributed by atoms with E-state index in [9.17, 15) is 18.0 Å². The van der Waals surface area contributed by atoms with Gasteiger partial charge in [0, 0.05) is 24.5 Å². The molecule has 0 saturated carbocycles. The lowest BCUT2D eigenvalue weighted by atomic mass is 10.2. The fourth-order valence-corrected chi connectivity index (χ4v) is 4.27. The Morgan fingerprint density at radius 3 is 2.42 bits per heavy atom. The lowest BCUT2D eigenvalue weighted by Gasteiger charge is -2.16. The molecule has 0 bridgehead atoms. The van der Waals surface area contributed by atoms with E-state index >= 15 is 0 Å². The normalized spacial score (nSPS) is 14.9. The highest BCUT2D eigenvalue weighted by atomic mass is 32.2. The van der Waals surface area contributed by atoms with Crippen molar-refractivity contribution in [3.8, 4) is 0 Å². The molecular weight excluding hydrogens is 334 g/mol.